The van der Waals surface area contributed by atoms with Gasteiger partial charge in [0.25, 0.3) is 0 Å². The number of fused-ring (bicyclic) bond motifs is 10. The molecule has 0 bridgehead atoms. The van der Waals surface area contributed by atoms with Crippen LogP contribution in [-0.4, -0.2) is 9.13 Å². The fourth-order valence-corrected chi connectivity index (χ4v) is 10.8. The Morgan fingerprint density at radius 1 is 0.279 bits per heavy atom. The van der Waals surface area contributed by atoms with Crippen LogP contribution in [0.15, 0.2) is 253 Å². The summed E-state index contributed by atoms with van der Waals surface area (Å²) in [4.78, 5) is 2.41. The van der Waals surface area contributed by atoms with Crippen LogP contribution in [0.2, 0.25) is 0 Å². The molecular weight excluding hydrogens is 827 g/mol. The van der Waals surface area contributed by atoms with Crippen LogP contribution in [0.5, 0.6) is 0 Å². The maximum Gasteiger partial charge on any atom is 0.135 e. The summed E-state index contributed by atoms with van der Waals surface area (Å²) < 4.78 is 11.0. The van der Waals surface area contributed by atoms with Crippen molar-refractivity contribution in [2.45, 2.75) is 0 Å². The van der Waals surface area contributed by atoms with Gasteiger partial charge in [-0.05, 0) is 125 Å². The second kappa shape index (κ2) is 15.2. The van der Waals surface area contributed by atoms with Crippen LogP contribution in [0.4, 0.5) is 17.1 Å². The molecule has 4 nitrogen and oxygen atoms in total. The van der Waals surface area contributed by atoms with Crippen LogP contribution in [0, 0.1) is 0 Å². The fraction of sp³-hybridized carbons (Fsp3) is 0. The zero-order valence-electron chi connectivity index (χ0n) is 36.9. The van der Waals surface area contributed by atoms with Gasteiger partial charge in [-0.3, -0.25) is 0 Å². The summed E-state index contributed by atoms with van der Waals surface area (Å²) >= 11 is 0. The number of aromatic nitrogens is 2. The maximum absolute atomic E-state index is 6.18. The van der Waals surface area contributed by atoms with Crippen LogP contribution in [0.3, 0.4) is 0 Å². The largest absolute Gasteiger partial charge is 0.456 e. The molecule has 14 rings (SSSR count). The Morgan fingerprint density at radius 2 is 0.765 bits per heavy atom. The summed E-state index contributed by atoms with van der Waals surface area (Å²) in [6.45, 7) is 0. The van der Waals surface area contributed by atoms with Crippen molar-refractivity contribution >= 4 is 93.4 Å². The van der Waals surface area contributed by atoms with Gasteiger partial charge in [-0.25, -0.2) is 0 Å². The lowest BCUT2D eigenvalue weighted by Gasteiger charge is -2.28. The van der Waals surface area contributed by atoms with Gasteiger partial charge in [-0.1, -0.05) is 152 Å². The van der Waals surface area contributed by atoms with Gasteiger partial charge >= 0.3 is 0 Å². The van der Waals surface area contributed by atoms with Crippen LogP contribution in [-0.2, 0) is 0 Å². The van der Waals surface area contributed by atoms with Crippen molar-refractivity contribution in [1.82, 2.24) is 9.13 Å². The molecule has 0 saturated carbocycles. The van der Waals surface area contributed by atoms with Gasteiger partial charge < -0.3 is 18.5 Å². The first kappa shape index (κ1) is 38.2. The number of hydrogen-bond donors (Lipinski definition) is 0. The van der Waals surface area contributed by atoms with Crippen LogP contribution < -0.4 is 4.90 Å². The molecule has 0 atom stereocenters. The van der Waals surface area contributed by atoms with Gasteiger partial charge in [0.2, 0.25) is 0 Å². The molecule has 0 unspecified atom stereocenters. The van der Waals surface area contributed by atoms with E-state index in [0.717, 1.165) is 61.5 Å². The average molecular weight is 868 g/mol. The monoisotopic (exact) mass is 867 g/mol. The predicted molar refractivity (Wildman–Crippen MR) is 285 cm³/mol. The molecule has 0 spiro atoms. The van der Waals surface area contributed by atoms with Gasteiger partial charge in [0.15, 0.2) is 0 Å². The topological polar surface area (TPSA) is 26.2 Å². The average Bonchev–Trinajstić information content (AvgIpc) is 4.07. The molecule has 3 heterocycles. The summed E-state index contributed by atoms with van der Waals surface area (Å²) in [6, 6.07) is 90.1. The molecule has 0 aliphatic carbocycles. The molecule has 0 aliphatic rings. The van der Waals surface area contributed by atoms with E-state index in [-0.39, 0.29) is 0 Å². The predicted octanol–water partition coefficient (Wildman–Crippen LogP) is 17.7. The standard InChI is InChI=1S/C64H41N3O/c1-2-14-45(15-3-1)67-60-24-12-8-20-54(60)55-36-28-44(41-62(55)67)49-37-38-61(51-17-5-4-16-50(49)51)65(46-30-26-42(27-31-46)43-29-39-64-57(40-43)56-21-9-13-25-63(56)68-64)47-32-34-48(35-33-47)66-58-22-10-6-18-52(58)53-19-7-11-23-59(53)66/h1-41H. The number of nitrogens with zero attached hydrogens (tertiary/aromatic N) is 3. The Morgan fingerprint density at radius 3 is 1.44 bits per heavy atom. The number of anilines is 3. The Hall–Kier alpha value is -9.12. The highest BCUT2D eigenvalue weighted by molar-refractivity contribution is 6.13. The van der Waals surface area contributed by atoms with Crippen LogP contribution >= 0.6 is 0 Å². The van der Waals surface area contributed by atoms with Crippen molar-refractivity contribution in [3.63, 3.8) is 0 Å². The van der Waals surface area contributed by atoms with Gasteiger partial charge in [-0.15, -0.1) is 0 Å². The SMILES string of the molecule is c1ccc(-n2c3ccccc3c3ccc(-c4ccc(N(c5ccc(-c6ccc7oc8ccccc8c7c6)cc5)c5ccc(-n6c7ccccc7c7ccccc76)cc5)c5ccccc45)cc32)cc1. The summed E-state index contributed by atoms with van der Waals surface area (Å²) in [6.07, 6.45) is 0. The summed E-state index contributed by atoms with van der Waals surface area (Å²) in [5.74, 6) is 0. The summed E-state index contributed by atoms with van der Waals surface area (Å²) in [5, 5.41) is 9.61. The molecular formula is C64H41N3O. The second-order valence-electron chi connectivity index (χ2n) is 17.7. The van der Waals surface area contributed by atoms with E-state index in [0.29, 0.717) is 0 Å². The van der Waals surface area contributed by atoms with E-state index in [1.807, 2.05) is 12.1 Å². The lowest BCUT2D eigenvalue weighted by molar-refractivity contribution is 0.669. The third-order valence-corrected chi connectivity index (χ3v) is 13.9. The molecule has 14 aromatic rings. The minimum absolute atomic E-state index is 0.899. The second-order valence-corrected chi connectivity index (χ2v) is 17.7. The van der Waals surface area contributed by atoms with E-state index in [4.69, 9.17) is 4.42 Å². The fourth-order valence-electron chi connectivity index (χ4n) is 10.8. The number of benzene rings is 11. The minimum Gasteiger partial charge on any atom is -0.456 e. The highest BCUT2D eigenvalue weighted by Gasteiger charge is 2.20. The van der Waals surface area contributed by atoms with Crippen molar-refractivity contribution in [3.8, 4) is 33.6 Å². The molecule has 4 heteroatoms. The lowest BCUT2D eigenvalue weighted by atomic mass is 9.95. The smallest absolute Gasteiger partial charge is 0.135 e. The van der Waals surface area contributed by atoms with Crippen molar-refractivity contribution in [2.24, 2.45) is 0 Å². The van der Waals surface area contributed by atoms with Crippen molar-refractivity contribution in [3.05, 3.63) is 249 Å². The molecule has 0 aliphatic heterocycles. The molecule has 0 N–H and O–H groups in total. The molecule has 11 aromatic carbocycles. The van der Waals surface area contributed by atoms with Crippen molar-refractivity contribution in [1.29, 1.82) is 0 Å². The first-order valence-corrected chi connectivity index (χ1v) is 23.2. The number of rotatable bonds is 7. The van der Waals surface area contributed by atoms with Crippen LogP contribution in [0.1, 0.15) is 0 Å². The van der Waals surface area contributed by atoms with Gasteiger partial charge in [0.05, 0.1) is 27.8 Å². The zero-order chi connectivity index (χ0) is 44.7. The summed E-state index contributed by atoms with van der Waals surface area (Å²) in [7, 11) is 0. The molecule has 68 heavy (non-hydrogen) atoms. The first-order valence-electron chi connectivity index (χ1n) is 23.2. The van der Waals surface area contributed by atoms with E-state index in [2.05, 4.69) is 251 Å². The van der Waals surface area contributed by atoms with Crippen LogP contribution in [0.25, 0.3) is 110 Å². The molecule has 3 aromatic heterocycles. The molecule has 0 saturated heterocycles. The van der Waals surface area contributed by atoms with E-state index in [1.54, 1.807) is 0 Å². The quantitative estimate of drug-likeness (QED) is 0.160. The molecule has 318 valence electrons. The highest BCUT2D eigenvalue weighted by Crippen LogP contribution is 2.44. The lowest BCUT2D eigenvalue weighted by Crippen LogP contribution is -2.11. The van der Waals surface area contributed by atoms with E-state index in [9.17, 15) is 0 Å². The normalized spacial score (nSPS) is 11.8. The Balaban J connectivity index is 0.926. The minimum atomic E-state index is 0.899. The number of para-hydroxylation sites is 5. The third-order valence-electron chi connectivity index (χ3n) is 13.9. The Bertz CT molecular complexity index is 4200. The highest BCUT2D eigenvalue weighted by atomic mass is 16.3. The van der Waals surface area contributed by atoms with Gasteiger partial charge in [0.1, 0.15) is 11.2 Å². The Labute approximate surface area is 392 Å². The molecule has 0 amide bonds. The van der Waals surface area contributed by atoms with E-state index in [1.165, 1.54) is 65.5 Å². The molecule has 0 fully saturated rings. The number of hydrogen-bond acceptors (Lipinski definition) is 2. The maximum atomic E-state index is 6.18. The first-order chi connectivity index (χ1) is 33.7. The van der Waals surface area contributed by atoms with Crippen molar-refractivity contribution < 1.29 is 4.42 Å². The van der Waals surface area contributed by atoms with Gasteiger partial charge in [0, 0.05) is 60.5 Å². The van der Waals surface area contributed by atoms with E-state index < -0.39 is 0 Å². The van der Waals surface area contributed by atoms with Gasteiger partial charge in [-0.2, -0.15) is 0 Å². The molecule has 0 radical (unpaired) electrons. The van der Waals surface area contributed by atoms with E-state index >= 15 is 0 Å². The van der Waals surface area contributed by atoms with Crippen molar-refractivity contribution in [2.75, 3.05) is 4.90 Å². The summed E-state index contributed by atoms with van der Waals surface area (Å²) in [5.41, 5.74) is 16.8. The third kappa shape index (κ3) is 5.94. The Kier molecular flexibility index (Phi) is 8.55. The zero-order valence-corrected chi connectivity index (χ0v) is 36.9. The number of furan rings is 1.